The van der Waals surface area contributed by atoms with Crippen molar-refractivity contribution in [3.05, 3.63) is 35.7 Å². The Labute approximate surface area is 183 Å². The molecule has 1 fully saturated rings. The Morgan fingerprint density at radius 3 is 2.81 bits per heavy atom. The third kappa shape index (κ3) is 2.86. The topological polar surface area (TPSA) is 118 Å². The molecule has 2 unspecified atom stereocenters. The number of rotatable bonds is 3. The Hall–Kier alpha value is -3.53. The fourth-order valence-corrected chi connectivity index (χ4v) is 4.92. The number of nitrogens with zero attached hydrogens (tertiary/aromatic N) is 5. The molecule has 4 N–H and O–H groups in total. The van der Waals surface area contributed by atoms with Crippen LogP contribution < -0.4 is 20.7 Å². The summed E-state index contributed by atoms with van der Waals surface area (Å²) in [6.45, 7) is 2.45. The van der Waals surface area contributed by atoms with Gasteiger partial charge in [-0.3, -0.25) is 0 Å². The molecule has 0 amide bonds. The molecule has 0 spiro atoms. The Morgan fingerprint density at radius 1 is 1.22 bits per heavy atom. The van der Waals surface area contributed by atoms with Gasteiger partial charge in [-0.1, -0.05) is 0 Å². The van der Waals surface area contributed by atoms with E-state index < -0.39 is 0 Å². The number of nitrogens with two attached hydrogens (primary N) is 1. The minimum atomic E-state index is -0.220. The molecule has 0 bridgehead atoms. The van der Waals surface area contributed by atoms with Crippen LogP contribution >= 0.6 is 0 Å². The zero-order chi connectivity index (χ0) is 22.0. The Morgan fingerprint density at radius 2 is 2.03 bits per heavy atom. The zero-order valence-electron chi connectivity index (χ0n) is 17.8. The molecule has 0 saturated carbocycles. The monoisotopic (exact) mass is 434 g/mol. The number of hydrogen-bond acceptors (Lipinski definition) is 8. The first kappa shape index (κ1) is 19.2. The summed E-state index contributed by atoms with van der Waals surface area (Å²) in [7, 11) is 1.78. The SMILES string of the molecule is CNc1cc(F)c2c3c1[nH]c1nc(Oc4cnc(C)nc4)nc(c13)N1CC(N)CCC1C2. The second kappa shape index (κ2) is 6.99. The Bertz CT molecular complexity index is 1350. The molecular weight excluding hydrogens is 411 g/mol. The van der Waals surface area contributed by atoms with Gasteiger partial charge < -0.3 is 25.7 Å². The number of aromatic nitrogens is 5. The number of hydrogen-bond donors (Lipinski definition) is 3. The van der Waals surface area contributed by atoms with Crippen molar-refractivity contribution in [2.75, 3.05) is 23.8 Å². The zero-order valence-corrected chi connectivity index (χ0v) is 17.8. The summed E-state index contributed by atoms with van der Waals surface area (Å²) in [5, 5.41) is 4.72. The van der Waals surface area contributed by atoms with E-state index in [2.05, 4.69) is 30.2 Å². The number of benzene rings is 1. The van der Waals surface area contributed by atoms with Gasteiger partial charge in [-0.15, -0.1) is 0 Å². The van der Waals surface area contributed by atoms with Crippen LogP contribution in [0.5, 0.6) is 11.8 Å². The maximum Gasteiger partial charge on any atom is 0.326 e. The second-order valence-electron chi connectivity index (χ2n) is 8.48. The summed E-state index contributed by atoms with van der Waals surface area (Å²) in [6.07, 6.45) is 5.53. The van der Waals surface area contributed by atoms with Gasteiger partial charge in [-0.05, 0) is 32.3 Å². The average Bonchev–Trinajstić information content (AvgIpc) is 3.09. The number of piperidine rings is 1. The van der Waals surface area contributed by atoms with Crippen molar-refractivity contribution in [2.45, 2.75) is 38.3 Å². The maximum atomic E-state index is 15.2. The highest BCUT2D eigenvalue weighted by atomic mass is 19.1. The lowest BCUT2D eigenvalue weighted by Crippen LogP contribution is -2.49. The molecule has 164 valence electrons. The van der Waals surface area contributed by atoms with Crippen LogP contribution in [0.25, 0.3) is 21.9 Å². The molecule has 6 rings (SSSR count). The lowest BCUT2D eigenvalue weighted by atomic mass is 9.93. The summed E-state index contributed by atoms with van der Waals surface area (Å²) < 4.78 is 21.2. The van der Waals surface area contributed by atoms with E-state index >= 15 is 4.39 Å². The number of aryl methyl sites for hydroxylation is 1. The van der Waals surface area contributed by atoms with Crippen LogP contribution in [0.15, 0.2) is 18.5 Å². The standard InChI is InChI=1S/C22H23FN8O/c1-10-26-7-13(8-27-10)32-22-29-20-18-17-14(15(23)6-16(25-2)19(17)28-20)5-12-4-3-11(24)9-31(12)21(18)30-22/h6-8,11-12,25H,3-5,9,24H2,1-2H3,(H,28,29,30). The van der Waals surface area contributed by atoms with Crippen LogP contribution in [0.3, 0.4) is 0 Å². The van der Waals surface area contributed by atoms with Crippen molar-refractivity contribution in [3.63, 3.8) is 0 Å². The minimum absolute atomic E-state index is 0.0273. The van der Waals surface area contributed by atoms with Crippen LogP contribution in [-0.4, -0.2) is 50.6 Å². The first-order valence-electron chi connectivity index (χ1n) is 10.7. The molecule has 2 atom stereocenters. The molecule has 9 nitrogen and oxygen atoms in total. The van der Waals surface area contributed by atoms with E-state index in [0.717, 1.165) is 34.9 Å². The van der Waals surface area contributed by atoms with Gasteiger partial charge in [0.1, 0.15) is 23.1 Å². The molecule has 32 heavy (non-hydrogen) atoms. The van der Waals surface area contributed by atoms with E-state index in [0.29, 0.717) is 41.4 Å². The van der Waals surface area contributed by atoms with Gasteiger partial charge in [-0.25, -0.2) is 14.4 Å². The Kier molecular flexibility index (Phi) is 4.19. The minimum Gasteiger partial charge on any atom is -0.421 e. The lowest BCUT2D eigenvalue weighted by molar-refractivity contribution is 0.406. The highest BCUT2D eigenvalue weighted by molar-refractivity contribution is 6.16. The van der Waals surface area contributed by atoms with E-state index in [1.165, 1.54) is 0 Å². The predicted molar refractivity (Wildman–Crippen MR) is 120 cm³/mol. The Balaban J connectivity index is 1.61. The summed E-state index contributed by atoms with van der Waals surface area (Å²) >= 11 is 0. The first-order valence-corrected chi connectivity index (χ1v) is 10.7. The third-order valence-electron chi connectivity index (χ3n) is 6.43. The van der Waals surface area contributed by atoms with Crippen molar-refractivity contribution in [2.24, 2.45) is 5.73 Å². The molecular formula is C22H23FN8O. The maximum absolute atomic E-state index is 15.2. The van der Waals surface area contributed by atoms with Crippen LogP contribution in [0.4, 0.5) is 15.9 Å². The number of fused-ring (bicyclic) bond motifs is 2. The van der Waals surface area contributed by atoms with Gasteiger partial charge in [0.15, 0.2) is 5.75 Å². The molecule has 2 aliphatic rings. The molecule has 5 heterocycles. The number of anilines is 2. The quantitative estimate of drug-likeness (QED) is 0.450. The number of halogens is 1. The highest BCUT2D eigenvalue weighted by Gasteiger charge is 2.35. The number of nitrogens with one attached hydrogen (secondary N) is 2. The second-order valence-corrected chi connectivity index (χ2v) is 8.48. The number of aromatic amines is 1. The summed E-state index contributed by atoms with van der Waals surface area (Å²) in [5.41, 5.74) is 9.10. The first-order chi connectivity index (χ1) is 15.5. The van der Waals surface area contributed by atoms with E-state index in [1.807, 2.05) is 0 Å². The lowest BCUT2D eigenvalue weighted by Gasteiger charge is -2.39. The van der Waals surface area contributed by atoms with Crippen molar-refractivity contribution in [3.8, 4) is 11.8 Å². The van der Waals surface area contributed by atoms with Crippen LogP contribution in [0.2, 0.25) is 0 Å². The van der Waals surface area contributed by atoms with Crippen LogP contribution in [0.1, 0.15) is 24.2 Å². The summed E-state index contributed by atoms with van der Waals surface area (Å²) in [5.74, 6) is 1.59. The number of H-pyrrole nitrogens is 1. The van der Waals surface area contributed by atoms with Crippen LogP contribution in [-0.2, 0) is 6.42 Å². The van der Waals surface area contributed by atoms with Crippen molar-refractivity contribution < 1.29 is 9.13 Å². The van der Waals surface area contributed by atoms with E-state index in [9.17, 15) is 0 Å². The molecule has 1 aromatic carbocycles. The average molecular weight is 434 g/mol. The predicted octanol–water partition coefficient (Wildman–Crippen LogP) is 3.03. The fourth-order valence-electron chi connectivity index (χ4n) is 4.92. The van der Waals surface area contributed by atoms with Gasteiger partial charge in [-0.2, -0.15) is 9.97 Å². The summed E-state index contributed by atoms with van der Waals surface area (Å²) in [4.78, 5) is 23.3. The van der Waals surface area contributed by atoms with E-state index in [4.69, 9.17) is 15.5 Å². The molecule has 10 heteroatoms. The van der Waals surface area contributed by atoms with Crippen molar-refractivity contribution in [1.29, 1.82) is 0 Å². The van der Waals surface area contributed by atoms with Gasteiger partial charge in [0, 0.05) is 36.6 Å². The molecule has 2 aliphatic heterocycles. The van der Waals surface area contributed by atoms with Gasteiger partial charge in [0.25, 0.3) is 0 Å². The van der Waals surface area contributed by atoms with Gasteiger partial charge in [0.05, 0.1) is 29.0 Å². The van der Waals surface area contributed by atoms with Crippen LogP contribution in [0, 0.1) is 12.7 Å². The van der Waals surface area contributed by atoms with E-state index in [1.54, 1.807) is 32.4 Å². The third-order valence-corrected chi connectivity index (χ3v) is 6.43. The normalized spacial score (nSPS) is 19.9. The van der Waals surface area contributed by atoms with Crippen molar-refractivity contribution in [1.82, 2.24) is 24.9 Å². The summed E-state index contributed by atoms with van der Waals surface area (Å²) in [6, 6.07) is 1.86. The smallest absolute Gasteiger partial charge is 0.326 e. The molecule has 4 aromatic rings. The molecule has 1 saturated heterocycles. The van der Waals surface area contributed by atoms with Gasteiger partial charge in [0.2, 0.25) is 0 Å². The molecule has 0 aliphatic carbocycles. The number of ether oxygens (including phenoxy) is 1. The van der Waals surface area contributed by atoms with Gasteiger partial charge >= 0.3 is 6.01 Å². The highest BCUT2D eigenvalue weighted by Crippen LogP contribution is 2.44. The fraction of sp³-hybridized carbons (Fsp3) is 0.364. The molecule has 3 aromatic heterocycles. The largest absolute Gasteiger partial charge is 0.421 e. The van der Waals surface area contributed by atoms with Crippen molar-refractivity contribution >= 4 is 33.4 Å². The van der Waals surface area contributed by atoms with E-state index in [-0.39, 0.29) is 23.9 Å². The molecule has 0 radical (unpaired) electrons.